The number of aromatic nitrogens is 2. The molecule has 0 unspecified atom stereocenters. The van der Waals surface area contributed by atoms with Crippen LogP contribution in [-0.4, -0.2) is 54.4 Å². The largest absolute Gasteiger partial charge is 0.465 e. The fraction of sp³-hybridized carbons (Fsp3) is 0.333. The Kier molecular flexibility index (Phi) is 6.85. The van der Waals surface area contributed by atoms with Crippen LogP contribution in [0.4, 0.5) is 4.79 Å². The first-order valence-electron chi connectivity index (χ1n) is 8.36. The van der Waals surface area contributed by atoms with Crippen LogP contribution in [0.15, 0.2) is 23.2 Å². The zero-order valence-electron chi connectivity index (χ0n) is 16.5. The van der Waals surface area contributed by atoms with Crippen LogP contribution in [0.3, 0.4) is 0 Å². The molecule has 2 aromatic rings. The molecule has 2 rings (SSSR count). The zero-order valence-corrected chi connectivity index (χ0v) is 18.1. The van der Waals surface area contributed by atoms with Crippen molar-refractivity contribution in [2.45, 2.75) is 18.7 Å². The number of thioether (sulfide) groups is 1. The van der Waals surface area contributed by atoms with Crippen molar-refractivity contribution in [2.24, 2.45) is 7.05 Å². The normalized spacial score (nSPS) is 11.2. The average molecular weight is 440 g/mol. The minimum absolute atomic E-state index is 0.00331. The van der Waals surface area contributed by atoms with E-state index in [2.05, 4.69) is 5.10 Å². The summed E-state index contributed by atoms with van der Waals surface area (Å²) >= 11 is 0.930. The monoisotopic (exact) mass is 440 g/mol. The predicted octanol–water partition coefficient (Wildman–Crippen LogP) is 2.40. The molecule has 1 aromatic carbocycles. The lowest BCUT2D eigenvalue weighted by Gasteiger charge is -2.13. The molecule has 0 spiro atoms. The van der Waals surface area contributed by atoms with E-state index in [-0.39, 0.29) is 33.0 Å². The molecule has 0 aliphatic rings. The van der Waals surface area contributed by atoms with Gasteiger partial charge in [-0.1, -0.05) is 6.92 Å². The van der Waals surface area contributed by atoms with E-state index in [4.69, 9.17) is 9.47 Å². The standard InChI is InChI=1S/C18H20N2O7S2/c1-6-28-18(23)27-16-12(9-19-20(16)3)15(21)11-7-8-13(29(5,24)25)14(10(11)2)17(22)26-4/h7-9H,6H2,1-5H3. The second-order valence-electron chi connectivity index (χ2n) is 5.98. The Bertz CT molecular complexity index is 1090. The van der Waals surface area contributed by atoms with Gasteiger partial charge in [0.15, 0.2) is 15.6 Å². The van der Waals surface area contributed by atoms with Gasteiger partial charge in [0.1, 0.15) is 5.56 Å². The van der Waals surface area contributed by atoms with E-state index in [9.17, 15) is 22.8 Å². The number of hydrogen-bond donors (Lipinski definition) is 0. The van der Waals surface area contributed by atoms with Gasteiger partial charge >= 0.3 is 11.3 Å². The maximum Gasteiger partial charge on any atom is 0.374 e. The van der Waals surface area contributed by atoms with Gasteiger partial charge in [-0.25, -0.2) is 22.7 Å². The van der Waals surface area contributed by atoms with Crippen LogP contribution in [0.25, 0.3) is 0 Å². The molecule has 0 amide bonds. The summed E-state index contributed by atoms with van der Waals surface area (Å²) in [5.41, 5.74) is -0.0199. The van der Waals surface area contributed by atoms with Gasteiger partial charge in [-0.15, -0.1) is 0 Å². The maximum atomic E-state index is 13.1. The maximum absolute atomic E-state index is 13.1. The van der Waals surface area contributed by atoms with Crippen LogP contribution in [0, 0.1) is 6.92 Å². The smallest absolute Gasteiger partial charge is 0.374 e. The van der Waals surface area contributed by atoms with Crippen LogP contribution < -0.4 is 4.74 Å². The van der Waals surface area contributed by atoms with Crippen LogP contribution in [-0.2, 0) is 21.6 Å². The van der Waals surface area contributed by atoms with Crippen molar-refractivity contribution in [3.8, 4) is 5.88 Å². The molecule has 11 heteroatoms. The molecule has 0 aliphatic heterocycles. The summed E-state index contributed by atoms with van der Waals surface area (Å²) in [6.07, 6.45) is 2.20. The molecule has 1 aromatic heterocycles. The summed E-state index contributed by atoms with van der Waals surface area (Å²) in [7, 11) is -1.12. The first-order chi connectivity index (χ1) is 13.5. The van der Waals surface area contributed by atoms with Crippen molar-refractivity contribution >= 4 is 38.7 Å². The van der Waals surface area contributed by atoms with E-state index in [0.29, 0.717) is 5.75 Å². The molecule has 0 aliphatic carbocycles. The third kappa shape index (κ3) is 4.67. The van der Waals surface area contributed by atoms with E-state index >= 15 is 0 Å². The molecule has 156 valence electrons. The quantitative estimate of drug-likeness (QED) is 0.492. The SMILES string of the molecule is CCSC(=O)Oc1c(C(=O)c2ccc(S(C)(=O)=O)c(C(=O)OC)c2C)cnn1C. The average Bonchev–Trinajstić information content (AvgIpc) is 3.00. The van der Waals surface area contributed by atoms with Gasteiger partial charge in [0, 0.05) is 24.6 Å². The van der Waals surface area contributed by atoms with E-state index < -0.39 is 26.9 Å². The van der Waals surface area contributed by atoms with Gasteiger partial charge in [-0.05, 0) is 36.4 Å². The fourth-order valence-electron chi connectivity index (χ4n) is 2.67. The van der Waals surface area contributed by atoms with Gasteiger partial charge in [0.2, 0.25) is 5.88 Å². The Morgan fingerprint density at radius 1 is 1.21 bits per heavy atom. The van der Waals surface area contributed by atoms with E-state index in [1.807, 2.05) is 0 Å². The molecule has 0 saturated heterocycles. The highest BCUT2D eigenvalue weighted by atomic mass is 32.2. The second kappa shape index (κ2) is 8.78. The lowest BCUT2D eigenvalue weighted by atomic mass is 9.96. The third-order valence-corrected chi connectivity index (χ3v) is 5.78. The number of nitrogens with zero attached hydrogens (tertiary/aromatic N) is 2. The lowest BCUT2D eigenvalue weighted by molar-refractivity contribution is 0.0595. The number of esters is 1. The molecule has 0 atom stereocenters. The minimum Gasteiger partial charge on any atom is -0.465 e. The molecule has 0 saturated carbocycles. The number of rotatable bonds is 6. The first-order valence-corrected chi connectivity index (χ1v) is 11.2. The molecule has 9 nitrogen and oxygen atoms in total. The van der Waals surface area contributed by atoms with Crippen molar-refractivity contribution in [3.63, 3.8) is 0 Å². The minimum atomic E-state index is -3.75. The fourth-order valence-corrected chi connectivity index (χ4v) is 3.97. The first kappa shape index (κ1) is 22.6. The van der Waals surface area contributed by atoms with Crippen LogP contribution >= 0.6 is 11.8 Å². The molecule has 29 heavy (non-hydrogen) atoms. The Balaban J connectivity index is 2.61. The third-order valence-electron chi connectivity index (χ3n) is 4.03. The summed E-state index contributed by atoms with van der Waals surface area (Å²) in [6, 6.07) is 2.48. The predicted molar refractivity (Wildman–Crippen MR) is 106 cm³/mol. The van der Waals surface area contributed by atoms with Crippen LogP contribution in [0.2, 0.25) is 0 Å². The highest BCUT2D eigenvalue weighted by molar-refractivity contribution is 8.13. The number of methoxy groups -OCH3 is 1. The lowest BCUT2D eigenvalue weighted by Crippen LogP contribution is -2.16. The highest BCUT2D eigenvalue weighted by Gasteiger charge is 2.28. The van der Waals surface area contributed by atoms with Crippen LogP contribution in [0.1, 0.15) is 38.8 Å². The van der Waals surface area contributed by atoms with Crippen molar-refractivity contribution in [2.75, 3.05) is 19.1 Å². The van der Waals surface area contributed by atoms with E-state index in [1.165, 1.54) is 37.0 Å². The summed E-state index contributed by atoms with van der Waals surface area (Å²) < 4.78 is 35.3. The number of sulfone groups is 1. The number of ketones is 1. The van der Waals surface area contributed by atoms with Gasteiger partial charge in [0.25, 0.3) is 0 Å². The molecule has 0 N–H and O–H groups in total. The summed E-state index contributed by atoms with van der Waals surface area (Å²) in [6.45, 7) is 3.23. The number of benzene rings is 1. The number of ether oxygens (including phenoxy) is 2. The summed E-state index contributed by atoms with van der Waals surface area (Å²) in [5, 5.41) is 3.37. The number of carbonyl (C=O) groups is 3. The summed E-state index contributed by atoms with van der Waals surface area (Å²) in [5.74, 6) is -1.01. The molecular formula is C18H20N2O7S2. The zero-order chi connectivity index (χ0) is 21.9. The van der Waals surface area contributed by atoms with Crippen molar-refractivity contribution in [1.82, 2.24) is 9.78 Å². The molecule has 0 bridgehead atoms. The molecule has 0 radical (unpaired) electrons. The van der Waals surface area contributed by atoms with E-state index in [1.54, 1.807) is 6.92 Å². The van der Waals surface area contributed by atoms with Gasteiger partial charge in [-0.3, -0.25) is 4.79 Å². The number of aryl methyl sites for hydroxylation is 1. The van der Waals surface area contributed by atoms with Crippen LogP contribution in [0.5, 0.6) is 5.88 Å². The van der Waals surface area contributed by atoms with Gasteiger partial charge in [0.05, 0.1) is 23.8 Å². The van der Waals surface area contributed by atoms with Crippen molar-refractivity contribution in [3.05, 3.63) is 40.6 Å². The molecule has 0 fully saturated rings. The van der Waals surface area contributed by atoms with E-state index in [0.717, 1.165) is 25.1 Å². The Morgan fingerprint density at radius 2 is 1.86 bits per heavy atom. The molecular weight excluding hydrogens is 420 g/mol. The van der Waals surface area contributed by atoms with Crippen molar-refractivity contribution < 1.29 is 32.3 Å². The number of carbonyl (C=O) groups excluding carboxylic acids is 3. The molecule has 1 heterocycles. The Hall–Kier alpha value is -2.66. The Morgan fingerprint density at radius 3 is 2.41 bits per heavy atom. The topological polar surface area (TPSA) is 122 Å². The Labute approximate surface area is 172 Å². The van der Waals surface area contributed by atoms with Gasteiger partial charge < -0.3 is 9.47 Å². The highest BCUT2D eigenvalue weighted by Crippen LogP contribution is 2.28. The number of hydrogen-bond acceptors (Lipinski definition) is 9. The second-order valence-corrected chi connectivity index (χ2v) is 9.16. The van der Waals surface area contributed by atoms with Crippen molar-refractivity contribution in [1.29, 1.82) is 0 Å². The summed E-state index contributed by atoms with van der Waals surface area (Å²) in [4.78, 5) is 36.9. The van der Waals surface area contributed by atoms with Gasteiger partial charge in [-0.2, -0.15) is 5.10 Å².